The molecule has 2 N–H and O–H groups in total. The Morgan fingerprint density at radius 2 is 1.84 bits per heavy atom. The summed E-state index contributed by atoms with van der Waals surface area (Å²) in [6.07, 6.45) is -3.36. The van der Waals surface area contributed by atoms with Gasteiger partial charge in [0.2, 0.25) is 0 Å². The lowest BCUT2D eigenvalue weighted by molar-refractivity contribution is -0.141. The molecule has 3 rings (SSSR count). The van der Waals surface area contributed by atoms with Gasteiger partial charge in [0, 0.05) is 21.3 Å². The highest BCUT2D eigenvalue weighted by atomic mass is 35.5. The second kappa shape index (κ2) is 9.36. The maximum absolute atomic E-state index is 13.2. The molecule has 1 amide bonds. The first kappa shape index (κ1) is 22.6. The van der Waals surface area contributed by atoms with Gasteiger partial charge in [-0.05, 0) is 42.8 Å². The molecule has 2 aromatic carbocycles. The largest absolute Gasteiger partial charge is 0.433 e. The number of hydrazone groups is 1. The predicted octanol–water partition coefficient (Wildman–Crippen LogP) is 6.22. The van der Waals surface area contributed by atoms with Gasteiger partial charge in [-0.1, -0.05) is 47.5 Å². The zero-order valence-corrected chi connectivity index (χ0v) is 17.5. The smallest absolute Gasteiger partial charge is 0.339 e. The number of anilines is 2. The highest BCUT2D eigenvalue weighted by molar-refractivity contribution is 6.33. The number of rotatable bonds is 5. The summed E-state index contributed by atoms with van der Waals surface area (Å²) in [5.74, 6) is -1.04. The van der Waals surface area contributed by atoms with Crippen LogP contribution in [0.2, 0.25) is 10.0 Å². The topological polar surface area (TPSA) is 66.4 Å². The van der Waals surface area contributed by atoms with Gasteiger partial charge in [0.1, 0.15) is 11.5 Å². The Kier molecular flexibility index (Phi) is 6.82. The maximum atomic E-state index is 13.2. The first-order chi connectivity index (χ1) is 14.6. The first-order valence-electron chi connectivity index (χ1n) is 8.84. The van der Waals surface area contributed by atoms with Crippen LogP contribution in [0.4, 0.5) is 24.7 Å². The van der Waals surface area contributed by atoms with Crippen molar-refractivity contribution in [1.29, 1.82) is 0 Å². The summed E-state index contributed by atoms with van der Waals surface area (Å²) in [6.45, 7) is 1.74. The SMILES string of the molecule is Cc1ccc(Cl)cc1Nc1nc(C(F)(F)F)ccc1C(=O)N/N=C/c1ccccc1Cl. The highest BCUT2D eigenvalue weighted by Crippen LogP contribution is 2.31. The lowest BCUT2D eigenvalue weighted by Crippen LogP contribution is -2.21. The molecule has 0 radical (unpaired) electrons. The van der Waals surface area contributed by atoms with E-state index in [1.54, 1.807) is 43.3 Å². The molecule has 0 aliphatic carbocycles. The number of halogens is 5. The van der Waals surface area contributed by atoms with Crippen molar-refractivity contribution in [1.82, 2.24) is 10.4 Å². The van der Waals surface area contributed by atoms with Crippen LogP contribution < -0.4 is 10.7 Å². The lowest BCUT2D eigenvalue weighted by atomic mass is 10.1. The number of hydrogen-bond donors (Lipinski definition) is 2. The number of benzene rings is 2. The molecule has 0 fully saturated rings. The van der Waals surface area contributed by atoms with Gasteiger partial charge in [0.15, 0.2) is 0 Å². The molecule has 5 nitrogen and oxygen atoms in total. The van der Waals surface area contributed by atoms with Crippen LogP contribution in [0.1, 0.15) is 27.2 Å². The molecule has 1 aromatic heterocycles. The van der Waals surface area contributed by atoms with E-state index in [9.17, 15) is 18.0 Å². The normalized spacial score (nSPS) is 11.5. The van der Waals surface area contributed by atoms with Gasteiger partial charge in [-0.2, -0.15) is 18.3 Å². The van der Waals surface area contributed by atoms with Crippen LogP contribution in [0.5, 0.6) is 0 Å². The molecule has 0 saturated heterocycles. The third kappa shape index (κ3) is 5.74. The van der Waals surface area contributed by atoms with Gasteiger partial charge in [0.25, 0.3) is 5.91 Å². The third-order valence-corrected chi connectivity index (χ3v) is 4.74. The van der Waals surface area contributed by atoms with Gasteiger partial charge >= 0.3 is 6.18 Å². The van der Waals surface area contributed by atoms with Crippen LogP contribution >= 0.6 is 23.2 Å². The summed E-state index contributed by atoms with van der Waals surface area (Å²) >= 11 is 12.0. The summed E-state index contributed by atoms with van der Waals surface area (Å²) < 4.78 is 39.5. The van der Waals surface area contributed by atoms with Crippen molar-refractivity contribution < 1.29 is 18.0 Å². The second-order valence-corrected chi connectivity index (χ2v) is 7.24. The van der Waals surface area contributed by atoms with Crippen LogP contribution in [0.25, 0.3) is 0 Å². The maximum Gasteiger partial charge on any atom is 0.433 e. The minimum Gasteiger partial charge on any atom is -0.339 e. The van der Waals surface area contributed by atoms with Crippen molar-refractivity contribution in [2.24, 2.45) is 5.10 Å². The molecule has 0 aliphatic heterocycles. The minimum atomic E-state index is -4.68. The standard InChI is InChI=1S/C21H15Cl2F3N4O/c1-12-6-7-14(22)10-17(12)28-19-15(8-9-18(29-19)21(24,25)26)20(31)30-27-11-13-4-2-3-5-16(13)23/h2-11H,1H3,(H,28,29)(H,30,31)/b27-11+. The van der Waals surface area contributed by atoms with Gasteiger partial charge < -0.3 is 5.32 Å². The molecule has 3 aromatic rings. The monoisotopic (exact) mass is 466 g/mol. The summed E-state index contributed by atoms with van der Waals surface area (Å²) in [6, 6.07) is 13.4. The number of nitrogens with zero attached hydrogens (tertiary/aromatic N) is 2. The molecule has 1 heterocycles. The van der Waals surface area contributed by atoms with E-state index in [-0.39, 0.29) is 11.4 Å². The number of nitrogens with one attached hydrogen (secondary N) is 2. The molecule has 160 valence electrons. The fraction of sp³-hybridized carbons (Fsp3) is 0.0952. The van der Waals surface area contributed by atoms with Crippen molar-refractivity contribution in [2.75, 3.05) is 5.32 Å². The summed E-state index contributed by atoms with van der Waals surface area (Å²) in [5.41, 5.74) is 2.66. The van der Waals surface area contributed by atoms with Crippen molar-refractivity contribution in [3.8, 4) is 0 Å². The second-order valence-electron chi connectivity index (χ2n) is 6.40. The van der Waals surface area contributed by atoms with Crippen molar-refractivity contribution in [3.05, 3.63) is 87.0 Å². The molecular weight excluding hydrogens is 452 g/mol. The van der Waals surface area contributed by atoms with Crippen LogP contribution in [0, 0.1) is 6.92 Å². The van der Waals surface area contributed by atoms with Crippen molar-refractivity contribution >= 4 is 46.8 Å². The molecule has 10 heteroatoms. The lowest BCUT2D eigenvalue weighted by Gasteiger charge is -2.15. The van der Waals surface area contributed by atoms with Gasteiger partial charge in [-0.25, -0.2) is 10.4 Å². The quantitative estimate of drug-likeness (QED) is 0.346. The Morgan fingerprint density at radius 3 is 2.55 bits per heavy atom. The minimum absolute atomic E-state index is 0.135. The average Bonchev–Trinajstić information content (AvgIpc) is 2.71. The van der Waals surface area contributed by atoms with Gasteiger partial charge in [0.05, 0.1) is 11.8 Å². The zero-order chi connectivity index (χ0) is 22.6. The number of hydrogen-bond acceptors (Lipinski definition) is 4. The molecule has 0 atom stereocenters. The fourth-order valence-corrected chi connectivity index (χ4v) is 2.91. The van der Waals surface area contributed by atoms with E-state index in [1.165, 1.54) is 12.3 Å². The average molecular weight is 467 g/mol. The Labute approximate surface area is 185 Å². The molecule has 31 heavy (non-hydrogen) atoms. The molecule has 0 unspecified atom stereocenters. The number of aromatic nitrogens is 1. The zero-order valence-electron chi connectivity index (χ0n) is 16.0. The van der Waals surface area contributed by atoms with Crippen LogP contribution in [0.3, 0.4) is 0 Å². The third-order valence-electron chi connectivity index (χ3n) is 4.16. The molecule has 0 saturated carbocycles. The molecule has 0 spiro atoms. The van der Waals surface area contributed by atoms with Gasteiger partial charge in [-0.3, -0.25) is 4.79 Å². The number of aryl methyl sites for hydroxylation is 1. The van der Waals surface area contributed by atoms with Crippen LogP contribution in [-0.2, 0) is 6.18 Å². The fourth-order valence-electron chi connectivity index (χ4n) is 2.55. The number of pyridine rings is 1. The van der Waals surface area contributed by atoms with Crippen LogP contribution in [-0.4, -0.2) is 17.1 Å². The Bertz CT molecular complexity index is 1150. The summed E-state index contributed by atoms with van der Waals surface area (Å²) in [7, 11) is 0. The van der Waals surface area contributed by atoms with E-state index in [0.717, 1.165) is 12.1 Å². The van der Waals surface area contributed by atoms with Gasteiger partial charge in [-0.15, -0.1) is 0 Å². The predicted molar refractivity (Wildman–Crippen MR) is 115 cm³/mol. The number of carbonyl (C=O) groups is 1. The Balaban J connectivity index is 1.92. The first-order valence-corrected chi connectivity index (χ1v) is 9.60. The highest BCUT2D eigenvalue weighted by Gasteiger charge is 2.33. The van der Waals surface area contributed by atoms with E-state index in [0.29, 0.717) is 26.9 Å². The summed E-state index contributed by atoms with van der Waals surface area (Å²) in [5, 5.41) is 7.38. The van der Waals surface area contributed by atoms with E-state index >= 15 is 0 Å². The number of carbonyl (C=O) groups excluding carboxylic acids is 1. The molecule has 0 bridgehead atoms. The van der Waals surface area contributed by atoms with Crippen molar-refractivity contribution in [3.63, 3.8) is 0 Å². The van der Waals surface area contributed by atoms with E-state index < -0.39 is 17.8 Å². The summed E-state index contributed by atoms with van der Waals surface area (Å²) in [4.78, 5) is 16.2. The van der Waals surface area contributed by atoms with E-state index in [2.05, 4.69) is 20.8 Å². The molecular formula is C21H15Cl2F3N4O. The van der Waals surface area contributed by atoms with Crippen molar-refractivity contribution in [2.45, 2.75) is 13.1 Å². The van der Waals surface area contributed by atoms with E-state index in [4.69, 9.17) is 23.2 Å². The number of alkyl halides is 3. The Hall–Kier alpha value is -3.10. The van der Waals surface area contributed by atoms with Crippen LogP contribution in [0.15, 0.2) is 59.7 Å². The Morgan fingerprint density at radius 1 is 1.10 bits per heavy atom. The molecule has 0 aliphatic rings. The number of amides is 1. The van der Waals surface area contributed by atoms with E-state index in [1.807, 2.05) is 0 Å².